The summed E-state index contributed by atoms with van der Waals surface area (Å²) >= 11 is 7.49. The molecule has 3 rings (SSSR count). The number of thioether (sulfide) groups is 1. The normalized spacial score (nSPS) is 12.0. The number of hydrogen-bond acceptors (Lipinski definition) is 7. The quantitative estimate of drug-likeness (QED) is 0.293. The van der Waals surface area contributed by atoms with Crippen molar-refractivity contribution in [1.82, 2.24) is 19.7 Å². The molecule has 9 heteroatoms. The highest BCUT2D eigenvalue weighted by Crippen LogP contribution is 2.25. The summed E-state index contributed by atoms with van der Waals surface area (Å²) in [4.78, 5) is 22.2. The van der Waals surface area contributed by atoms with Gasteiger partial charge in [-0.3, -0.25) is 9.36 Å². The Balaban J connectivity index is 1.89. The number of aromatic nitrogens is 4. The van der Waals surface area contributed by atoms with E-state index in [4.69, 9.17) is 20.9 Å². The summed E-state index contributed by atoms with van der Waals surface area (Å²) in [5, 5.41) is 5.73. The number of nitrogens with zero attached hydrogens (tertiary/aromatic N) is 4. The molecule has 2 aromatic heterocycles. The van der Waals surface area contributed by atoms with Gasteiger partial charge in [0.05, 0.1) is 16.7 Å². The van der Waals surface area contributed by atoms with E-state index in [1.165, 1.54) is 11.8 Å². The predicted molar refractivity (Wildman–Crippen MR) is 115 cm³/mol. The smallest absolute Gasteiger partial charge is 0.262 e. The second-order valence-corrected chi connectivity index (χ2v) is 8.99. The van der Waals surface area contributed by atoms with Crippen LogP contribution in [-0.4, -0.2) is 32.9 Å². The molecule has 0 amide bonds. The number of rotatable bonds is 8. The zero-order chi connectivity index (χ0) is 21.0. The van der Waals surface area contributed by atoms with E-state index in [-0.39, 0.29) is 11.0 Å². The van der Waals surface area contributed by atoms with Crippen molar-refractivity contribution < 1.29 is 9.26 Å². The fraction of sp³-hybridized carbons (Fsp3) is 0.500. The van der Waals surface area contributed by atoms with Crippen LogP contribution in [0.25, 0.3) is 10.9 Å². The summed E-state index contributed by atoms with van der Waals surface area (Å²) in [6, 6.07) is 5.13. The van der Waals surface area contributed by atoms with Crippen LogP contribution in [-0.2, 0) is 22.4 Å². The molecule has 156 valence electrons. The Hall–Kier alpha value is -1.90. The van der Waals surface area contributed by atoms with Crippen LogP contribution in [0.4, 0.5) is 0 Å². The van der Waals surface area contributed by atoms with Gasteiger partial charge in [0.1, 0.15) is 0 Å². The van der Waals surface area contributed by atoms with Gasteiger partial charge in [-0.05, 0) is 31.5 Å². The van der Waals surface area contributed by atoms with E-state index in [1.807, 2.05) is 27.7 Å². The first-order valence-electron chi connectivity index (χ1n) is 9.53. The highest BCUT2D eigenvalue weighted by Gasteiger charge is 2.21. The molecule has 0 aliphatic rings. The van der Waals surface area contributed by atoms with E-state index in [2.05, 4.69) is 15.1 Å². The van der Waals surface area contributed by atoms with Crippen molar-refractivity contribution in [2.24, 2.45) is 0 Å². The van der Waals surface area contributed by atoms with Gasteiger partial charge in [-0.2, -0.15) is 4.98 Å². The largest absolute Gasteiger partial charge is 0.382 e. The summed E-state index contributed by atoms with van der Waals surface area (Å²) in [7, 11) is 0. The Morgan fingerprint density at radius 1 is 1.28 bits per heavy atom. The molecule has 0 aliphatic carbocycles. The van der Waals surface area contributed by atoms with Gasteiger partial charge in [0.15, 0.2) is 11.0 Å². The molecule has 0 saturated heterocycles. The summed E-state index contributed by atoms with van der Waals surface area (Å²) in [6.45, 7) is 9.79. The van der Waals surface area contributed by atoms with Crippen LogP contribution >= 0.6 is 23.4 Å². The predicted octanol–water partition coefficient (Wildman–Crippen LogP) is 4.45. The van der Waals surface area contributed by atoms with Gasteiger partial charge in [0, 0.05) is 30.2 Å². The van der Waals surface area contributed by atoms with Crippen LogP contribution in [0.5, 0.6) is 0 Å². The average molecular weight is 437 g/mol. The fourth-order valence-electron chi connectivity index (χ4n) is 2.69. The fourth-order valence-corrected chi connectivity index (χ4v) is 3.72. The van der Waals surface area contributed by atoms with Crippen molar-refractivity contribution >= 4 is 34.3 Å². The minimum Gasteiger partial charge on any atom is -0.382 e. The van der Waals surface area contributed by atoms with Crippen LogP contribution in [0.3, 0.4) is 0 Å². The molecule has 2 heterocycles. The lowest BCUT2D eigenvalue weighted by atomic mass is 9.96. The zero-order valence-corrected chi connectivity index (χ0v) is 18.6. The minimum atomic E-state index is -0.189. The molecule has 0 spiro atoms. The maximum Gasteiger partial charge on any atom is 0.262 e. The van der Waals surface area contributed by atoms with Gasteiger partial charge >= 0.3 is 0 Å². The van der Waals surface area contributed by atoms with Gasteiger partial charge < -0.3 is 9.26 Å². The second kappa shape index (κ2) is 9.28. The second-order valence-electron chi connectivity index (χ2n) is 7.61. The number of halogens is 1. The van der Waals surface area contributed by atoms with E-state index in [9.17, 15) is 4.79 Å². The van der Waals surface area contributed by atoms with Gasteiger partial charge in [-0.1, -0.05) is 49.3 Å². The van der Waals surface area contributed by atoms with Crippen LogP contribution < -0.4 is 5.56 Å². The van der Waals surface area contributed by atoms with Crippen molar-refractivity contribution in [2.45, 2.75) is 57.0 Å². The van der Waals surface area contributed by atoms with Crippen LogP contribution in [0, 0.1) is 0 Å². The Morgan fingerprint density at radius 2 is 2.07 bits per heavy atom. The van der Waals surface area contributed by atoms with Gasteiger partial charge in [-0.15, -0.1) is 0 Å². The Labute approximate surface area is 178 Å². The van der Waals surface area contributed by atoms with Crippen molar-refractivity contribution in [3.8, 4) is 0 Å². The molecular weight excluding hydrogens is 412 g/mol. The van der Waals surface area contributed by atoms with Crippen molar-refractivity contribution in [3.05, 3.63) is 45.3 Å². The Kier molecular flexibility index (Phi) is 6.97. The summed E-state index contributed by atoms with van der Waals surface area (Å²) in [6.07, 6.45) is 0.719. The number of fused-ring (bicyclic) bond motifs is 1. The molecule has 7 nitrogen and oxygen atoms in total. The molecule has 29 heavy (non-hydrogen) atoms. The molecular formula is C20H25ClN4O3S. The third-order valence-corrected chi connectivity index (χ3v) is 5.42. The first kappa shape index (κ1) is 21.8. The molecule has 0 unspecified atom stereocenters. The standard InChI is InChI=1S/C20H25ClN4O3S/c1-5-27-10-6-9-25-17(26)14-8-7-13(21)11-15(14)22-19(25)29-12-16-23-18(24-28-16)20(2,3)4/h7-8,11H,5-6,9-10,12H2,1-4H3. The van der Waals surface area contributed by atoms with E-state index in [0.29, 0.717) is 58.3 Å². The van der Waals surface area contributed by atoms with Crippen molar-refractivity contribution in [3.63, 3.8) is 0 Å². The lowest BCUT2D eigenvalue weighted by molar-refractivity contribution is 0.140. The first-order valence-corrected chi connectivity index (χ1v) is 10.9. The summed E-state index contributed by atoms with van der Waals surface area (Å²) in [5.41, 5.74) is 0.296. The summed E-state index contributed by atoms with van der Waals surface area (Å²) < 4.78 is 12.5. The molecule has 1 aromatic carbocycles. The van der Waals surface area contributed by atoms with E-state index in [0.717, 1.165) is 6.42 Å². The van der Waals surface area contributed by atoms with Crippen molar-refractivity contribution in [2.75, 3.05) is 13.2 Å². The lowest BCUT2D eigenvalue weighted by Gasteiger charge is -2.13. The summed E-state index contributed by atoms with van der Waals surface area (Å²) in [5.74, 6) is 1.58. The molecule has 0 N–H and O–H groups in total. The SMILES string of the molecule is CCOCCCn1c(SCc2nc(C(C)(C)C)no2)nc2cc(Cl)ccc2c1=O. The molecule has 0 radical (unpaired) electrons. The number of ether oxygens (including phenoxy) is 1. The maximum atomic E-state index is 13.0. The van der Waals surface area contributed by atoms with Crippen LogP contribution in [0.15, 0.2) is 32.7 Å². The van der Waals surface area contributed by atoms with Crippen molar-refractivity contribution in [1.29, 1.82) is 0 Å². The zero-order valence-electron chi connectivity index (χ0n) is 17.1. The first-order chi connectivity index (χ1) is 13.8. The van der Waals surface area contributed by atoms with Gasteiger partial charge in [0.2, 0.25) is 5.89 Å². The van der Waals surface area contributed by atoms with E-state index < -0.39 is 0 Å². The third kappa shape index (κ3) is 5.38. The molecule has 0 fully saturated rings. The van der Waals surface area contributed by atoms with Crippen LogP contribution in [0.1, 0.15) is 45.8 Å². The molecule has 0 saturated carbocycles. The monoisotopic (exact) mass is 436 g/mol. The number of hydrogen-bond donors (Lipinski definition) is 0. The topological polar surface area (TPSA) is 83.0 Å². The van der Waals surface area contributed by atoms with Crippen LogP contribution in [0.2, 0.25) is 5.02 Å². The van der Waals surface area contributed by atoms with E-state index in [1.54, 1.807) is 22.8 Å². The third-order valence-electron chi connectivity index (χ3n) is 4.22. The Bertz CT molecular complexity index is 1040. The highest BCUT2D eigenvalue weighted by molar-refractivity contribution is 7.98. The van der Waals surface area contributed by atoms with E-state index >= 15 is 0 Å². The maximum absolute atomic E-state index is 13.0. The molecule has 0 atom stereocenters. The van der Waals surface area contributed by atoms with Gasteiger partial charge in [0.25, 0.3) is 5.56 Å². The Morgan fingerprint density at radius 3 is 2.76 bits per heavy atom. The lowest BCUT2D eigenvalue weighted by Crippen LogP contribution is -2.24. The number of benzene rings is 1. The molecule has 3 aromatic rings. The average Bonchev–Trinajstić information content (AvgIpc) is 3.14. The molecule has 0 aliphatic heterocycles. The minimum absolute atomic E-state index is 0.0911. The molecule has 0 bridgehead atoms. The van der Waals surface area contributed by atoms with Gasteiger partial charge in [-0.25, -0.2) is 4.98 Å². The highest BCUT2D eigenvalue weighted by atomic mass is 35.5.